The van der Waals surface area contributed by atoms with Gasteiger partial charge < -0.3 is 5.32 Å². The number of carbonyl (C=O) groups excluding carboxylic acids is 1. The summed E-state index contributed by atoms with van der Waals surface area (Å²) in [4.78, 5) is 12.2. The Morgan fingerprint density at radius 2 is 1.76 bits per heavy atom. The van der Waals surface area contributed by atoms with Crippen LogP contribution in [0.2, 0.25) is 0 Å². The Labute approximate surface area is 146 Å². The van der Waals surface area contributed by atoms with Crippen molar-refractivity contribution < 1.29 is 13.2 Å². The molecule has 0 saturated heterocycles. The van der Waals surface area contributed by atoms with E-state index in [9.17, 15) is 13.2 Å². The van der Waals surface area contributed by atoms with Gasteiger partial charge in [-0.3, -0.25) is 9.10 Å². The summed E-state index contributed by atoms with van der Waals surface area (Å²) in [6, 6.07) is 16.3. The van der Waals surface area contributed by atoms with Crippen LogP contribution < -0.4 is 9.62 Å². The molecule has 1 aliphatic carbocycles. The molecule has 0 aliphatic heterocycles. The number of benzene rings is 2. The summed E-state index contributed by atoms with van der Waals surface area (Å²) in [6.45, 7) is -0.289. The number of nitrogens with zero attached hydrogens (tertiary/aromatic N) is 2. The van der Waals surface area contributed by atoms with E-state index in [-0.39, 0.29) is 23.4 Å². The van der Waals surface area contributed by atoms with Crippen molar-refractivity contribution in [2.45, 2.75) is 23.8 Å². The van der Waals surface area contributed by atoms with Crippen LogP contribution in [0.25, 0.3) is 0 Å². The van der Waals surface area contributed by atoms with Crippen LogP contribution in [-0.4, -0.2) is 26.9 Å². The van der Waals surface area contributed by atoms with E-state index in [1.54, 1.807) is 30.3 Å². The van der Waals surface area contributed by atoms with Gasteiger partial charge in [-0.1, -0.05) is 18.2 Å². The Hall–Kier alpha value is -2.85. The second kappa shape index (κ2) is 6.95. The van der Waals surface area contributed by atoms with Crippen molar-refractivity contribution in [2.75, 3.05) is 10.8 Å². The maximum absolute atomic E-state index is 13.0. The van der Waals surface area contributed by atoms with Crippen molar-refractivity contribution in [1.29, 1.82) is 5.26 Å². The van der Waals surface area contributed by atoms with E-state index in [4.69, 9.17) is 5.26 Å². The normalized spacial score (nSPS) is 13.7. The van der Waals surface area contributed by atoms with Crippen molar-refractivity contribution in [1.82, 2.24) is 5.32 Å². The summed E-state index contributed by atoms with van der Waals surface area (Å²) in [6.07, 6.45) is 1.86. The van der Waals surface area contributed by atoms with Gasteiger partial charge in [-0.15, -0.1) is 0 Å². The minimum absolute atomic E-state index is 0.0366. The Kier molecular flexibility index (Phi) is 4.72. The molecule has 0 spiro atoms. The molecule has 1 fully saturated rings. The molecule has 25 heavy (non-hydrogen) atoms. The fraction of sp³-hybridized carbons (Fsp3) is 0.222. The monoisotopic (exact) mass is 355 g/mol. The summed E-state index contributed by atoms with van der Waals surface area (Å²) in [5.41, 5.74) is 0.787. The van der Waals surface area contributed by atoms with Gasteiger partial charge in [0.05, 0.1) is 22.2 Å². The zero-order chi connectivity index (χ0) is 17.9. The van der Waals surface area contributed by atoms with Gasteiger partial charge in [-0.25, -0.2) is 8.42 Å². The number of sulfonamides is 1. The third-order valence-corrected chi connectivity index (χ3v) is 5.63. The molecule has 0 aromatic heterocycles. The van der Waals surface area contributed by atoms with E-state index in [2.05, 4.69) is 5.32 Å². The van der Waals surface area contributed by atoms with Gasteiger partial charge in [0.2, 0.25) is 5.91 Å². The van der Waals surface area contributed by atoms with Crippen molar-refractivity contribution >= 4 is 21.6 Å². The third-order valence-electron chi connectivity index (χ3n) is 3.85. The fourth-order valence-electron chi connectivity index (χ4n) is 2.37. The first kappa shape index (κ1) is 17.0. The second-order valence-corrected chi connectivity index (χ2v) is 7.69. The molecule has 2 aromatic carbocycles. The number of anilines is 1. The van der Waals surface area contributed by atoms with E-state index in [0.717, 1.165) is 17.1 Å². The first-order valence-corrected chi connectivity index (χ1v) is 9.32. The summed E-state index contributed by atoms with van der Waals surface area (Å²) in [5, 5.41) is 11.7. The lowest BCUT2D eigenvalue weighted by atomic mass is 10.2. The maximum atomic E-state index is 13.0. The SMILES string of the molecule is N#Cc1ccc(S(=O)(=O)N(CC(=O)NC2CC2)c2ccccc2)cc1. The Morgan fingerprint density at radius 3 is 2.32 bits per heavy atom. The molecule has 1 N–H and O–H groups in total. The lowest BCUT2D eigenvalue weighted by molar-refractivity contribution is -0.119. The minimum Gasteiger partial charge on any atom is -0.352 e. The van der Waals surface area contributed by atoms with Gasteiger partial charge in [-0.2, -0.15) is 5.26 Å². The highest BCUT2D eigenvalue weighted by Crippen LogP contribution is 2.24. The van der Waals surface area contributed by atoms with E-state index >= 15 is 0 Å². The van der Waals surface area contributed by atoms with Crippen LogP contribution in [0, 0.1) is 11.3 Å². The number of rotatable bonds is 6. The molecule has 0 radical (unpaired) electrons. The number of nitrogens with one attached hydrogen (secondary N) is 1. The summed E-state index contributed by atoms with van der Waals surface area (Å²) >= 11 is 0. The molecular weight excluding hydrogens is 338 g/mol. The zero-order valence-electron chi connectivity index (χ0n) is 13.4. The van der Waals surface area contributed by atoms with Gasteiger partial charge in [0, 0.05) is 6.04 Å². The first-order chi connectivity index (χ1) is 12.0. The van der Waals surface area contributed by atoms with Crippen LogP contribution in [0.5, 0.6) is 0 Å². The van der Waals surface area contributed by atoms with Crippen LogP contribution in [0.15, 0.2) is 59.5 Å². The predicted molar refractivity (Wildman–Crippen MR) is 93.3 cm³/mol. The molecule has 128 valence electrons. The molecule has 1 saturated carbocycles. The Bertz CT molecular complexity index is 899. The highest BCUT2D eigenvalue weighted by Gasteiger charge is 2.29. The number of hydrogen-bond donors (Lipinski definition) is 1. The van der Waals surface area contributed by atoms with E-state index in [1.807, 2.05) is 6.07 Å². The summed E-state index contributed by atoms with van der Waals surface area (Å²) in [5.74, 6) is -0.330. The molecule has 0 unspecified atom stereocenters. The molecule has 2 aromatic rings. The number of amides is 1. The number of hydrogen-bond acceptors (Lipinski definition) is 4. The number of nitriles is 1. The summed E-state index contributed by atoms with van der Waals surface area (Å²) in [7, 11) is -3.93. The third kappa shape index (κ3) is 3.98. The van der Waals surface area contributed by atoms with E-state index in [0.29, 0.717) is 11.3 Å². The Morgan fingerprint density at radius 1 is 1.12 bits per heavy atom. The lowest BCUT2D eigenvalue weighted by Gasteiger charge is -2.24. The molecule has 6 nitrogen and oxygen atoms in total. The van der Waals surface area contributed by atoms with Crippen molar-refractivity contribution in [3.05, 3.63) is 60.2 Å². The van der Waals surface area contributed by atoms with Gasteiger partial charge in [0.15, 0.2) is 0 Å². The average Bonchev–Trinajstić information content (AvgIpc) is 3.44. The predicted octanol–water partition coefficient (Wildman–Crippen LogP) is 2.03. The molecule has 0 bridgehead atoms. The van der Waals surface area contributed by atoms with Crippen molar-refractivity contribution in [3.63, 3.8) is 0 Å². The van der Waals surface area contributed by atoms with Gasteiger partial charge >= 0.3 is 0 Å². The lowest BCUT2D eigenvalue weighted by Crippen LogP contribution is -2.41. The average molecular weight is 355 g/mol. The molecular formula is C18H17N3O3S. The summed E-state index contributed by atoms with van der Waals surface area (Å²) < 4.78 is 27.2. The number of carbonyl (C=O) groups is 1. The van der Waals surface area contributed by atoms with Crippen molar-refractivity contribution in [3.8, 4) is 6.07 Å². The van der Waals surface area contributed by atoms with Gasteiger partial charge in [0.25, 0.3) is 10.0 Å². The molecule has 0 atom stereocenters. The van der Waals surface area contributed by atoms with Gasteiger partial charge in [0.1, 0.15) is 6.54 Å². The molecule has 7 heteroatoms. The molecule has 1 amide bonds. The Balaban J connectivity index is 1.93. The van der Waals surface area contributed by atoms with Crippen LogP contribution in [0.3, 0.4) is 0 Å². The topological polar surface area (TPSA) is 90.3 Å². The highest BCUT2D eigenvalue weighted by molar-refractivity contribution is 7.92. The molecule has 3 rings (SSSR count). The fourth-order valence-corrected chi connectivity index (χ4v) is 3.79. The van der Waals surface area contributed by atoms with Crippen LogP contribution in [-0.2, 0) is 14.8 Å². The largest absolute Gasteiger partial charge is 0.352 e. The maximum Gasteiger partial charge on any atom is 0.264 e. The smallest absolute Gasteiger partial charge is 0.264 e. The van der Waals surface area contributed by atoms with Crippen LogP contribution in [0.1, 0.15) is 18.4 Å². The second-order valence-electron chi connectivity index (χ2n) is 5.83. The van der Waals surface area contributed by atoms with Crippen molar-refractivity contribution in [2.24, 2.45) is 0 Å². The quantitative estimate of drug-likeness (QED) is 0.858. The first-order valence-electron chi connectivity index (χ1n) is 7.88. The minimum atomic E-state index is -3.93. The van der Waals surface area contributed by atoms with Crippen LogP contribution >= 0.6 is 0 Å². The van der Waals surface area contributed by atoms with Crippen LogP contribution in [0.4, 0.5) is 5.69 Å². The van der Waals surface area contributed by atoms with E-state index in [1.165, 1.54) is 24.3 Å². The molecule has 1 aliphatic rings. The standard InChI is InChI=1S/C18H17N3O3S/c19-12-14-6-10-17(11-7-14)25(23,24)21(16-4-2-1-3-5-16)13-18(22)20-15-8-9-15/h1-7,10-11,15H,8-9,13H2,(H,20,22). The highest BCUT2D eigenvalue weighted by atomic mass is 32.2. The molecule has 0 heterocycles. The van der Waals surface area contributed by atoms with E-state index < -0.39 is 10.0 Å². The van der Waals surface area contributed by atoms with Gasteiger partial charge in [-0.05, 0) is 49.2 Å². The zero-order valence-corrected chi connectivity index (χ0v) is 14.2. The number of para-hydroxylation sites is 1.